The van der Waals surface area contributed by atoms with Crippen molar-refractivity contribution in [1.29, 1.82) is 0 Å². The number of nitrogens with two attached hydrogens (primary N) is 1. The van der Waals surface area contributed by atoms with Crippen molar-refractivity contribution in [1.82, 2.24) is 19.5 Å². The molecule has 26 heavy (non-hydrogen) atoms. The molecule has 0 saturated carbocycles. The highest BCUT2D eigenvalue weighted by atomic mass is 79.9. The molecule has 0 aliphatic rings. The lowest BCUT2D eigenvalue weighted by Gasteiger charge is -2.19. The highest BCUT2D eigenvalue weighted by molar-refractivity contribution is 9.10. The molecule has 2 N–H and O–H groups in total. The molecule has 0 atom stereocenters. The lowest BCUT2D eigenvalue weighted by atomic mass is 10.4. The van der Waals surface area contributed by atoms with Gasteiger partial charge in [0.15, 0.2) is 16.1 Å². The Labute approximate surface area is 157 Å². The third-order valence-corrected chi connectivity index (χ3v) is 4.07. The van der Waals surface area contributed by atoms with E-state index in [1.807, 2.05) is 6.92 Å². The Balaban J connectivity index is 1.85. The van der Waals surface area contributed by atoms with Gasteiger partial charge in [-0.25, -0.2) is 9.78 Å². The van der Waals surface area contributed by atoms with Gasteiger partial charge < -0.3 is 24.5 Å². The zero-order valence-electron chi connectivity index (χ0n) is 14.3. The first-order valence-corrected chi connectivity index (χ1v) is 8.68. The Morgan fingerprint density at radius 1 is 1.42 bits per heavy atom. The third kappa shape index (κ3) is 3.81. The van der Waals surface area contributed by atoms with Gasteiger partial charge in [0, 0.05) is 32.3 Å². The van der Waals surface area contributed by atoms with Gasteiger partial charge in [0.25, 0.3) is 0 Å². The quantitative estimate of drug-likeness (QED) is 0.648. The first kappa shape index (κ1) is 18.2. The van der Waals surface area contributed by atoms with Crippen molar-refractivity contribution in [3.8, 4) is 17.3 Å². The van der Waals surface area contributed by atoms with E-state index in [9.17, 15) is 4.79 Å². The number of carbonyl (C=O) groups excluding carboxylic acids is 1. The second-order valence-electron chi connectivity index (χ2n) is 5.37. The van der Waals surface area contributed by atoms with Crippen molar-refractivity contribution in [2.24, 2.45) is 0 Å². The number of likely N-dealkylation sites (N-methyl/N-ethyl adjacent to an activating group) is 1. The third-order valence-electron chi connectivity index (χ3n) is 3.64. The van der Waals surface area contributed by atoms with Crippen LogP contribution in [0.4, 0.5) is 10.6 Å². The number of amides is 1. The molecule has 0 aliphatic carbocycles. The van der Waals surface area contributed by atoms with Crippen LogP contribution in [0.25, 0.3) is 17.2 Å². The summed E-state index contributed by atoms with van der Waals surface area (Å²) >= 11 is 3.24. The normalized spacial score (nSPS) is 11.0. The number of ether oxygens (including phenoxy) is 2. The van der Waals surface area contributed by atoms with Gasteiger partial charge in [-0.15, -0.1) is 5.10 Å². The molecule has 0 unspecified atom stereocenters. The van der Waals surface area contributed by atoms with Crippen LogP contribution in [0.5, 0.6) is 5.75 Å². The molecular weight excluding hydrogens is 406 g/mol. The number of hydrogen-bond acceptors (Lipinski definition) is 7. The fourth-order valence-electron chi connectivity index (χ4n) is 2.33. The summed E-state index contributed by atoms with van der Waals surface area (Å²) in [5.74, 6) is 1.45. The van der Waals surface area contributed by atoms with Crippen LogP contribution in [0, 0.1) is 0 Å². The first-order valence-electron chi connectivity index (χ1n) is 7.89. The van der Waals surface area contributed by atoms with Crippen molar-refractivity contribution < 1.29 is 18.7 Å². The number of rotatable bonds is 6. The van der Waals surface area contributed by atoms with Gasteiger partial charge in [-0.05, 0) is 35.0 Å². The molecule has 10 heteroatoms. The maximum Gasteiger partial charge on any atom is 0.415 e. The van der Waals surface area contributed by atoms with E-state index in [2.05, 4.69) is 26.0 Å². The van der Waals surface area contributed by atoms with Gasteiger partial charge in [0.1, 0.15) is 11.6 Å². The van der Waals surface area contributed by atoms with Gasteiger partial charge in [0.2, 0.25) is 5.82 Å². The molecule has 0 saturated heterocycles. The fourth-order valence-corrected chi connectivity index (χ4v) is 2.63. The Hall–Kier alpha value is -2.59. The van der Waals surface area contributed by atoms with Crippen molar-refractivity contribution >= 4 is 33.5 Å². The van der Waals surface area contributed by atoms with Gasteiger partial charge in [0.05, 0.1) is 6.61 Å². The van der Waals surface area contributed by atoms with E-state index in [1.54, 1.807) is 25.3 Å². The standard InChI is InChI=1S/C16H18BrN5O4/c1-3-21(6-7-24-2)16(23)25-10-8-13(18)22-14(9-10)19-15(20-22)11-4-5-12(17)26-11/h4-5,8-9H,3,6-7,18H2,1-2H3. The SMILES string of the molecule is CCN(CCOC)C(=O)Oc1cc(N)n2nc(-c3ccc(Br)o3)nc2c1. The van der Waals surface area contributed by atoms with Crippen LogP contribution in [0.3, 0.4) is 0 Å². The van der Waals surface area contributed by atoms with Crippen LogP contribution in [0.1, 0.15) is 6.92 Å². The highest BCUT2D eigenvalue weighted by Gasteiger charge is 2.17. The average Bonchev–Trinajstić information content (AvgIpc) is 3.22. The van der Waals surface area contributed by atoms with Gasteiger partial charge in [-0.3, -0.25) is 0 Å². The Morgan fingerprint density at radius 3 is 2.88 bits per heavy atom. The number of fused-ring (bicyclic) bond motifs is 1. The molecular formula is C16H18BrN5O4. The predicted molar refractivity (Wildman–Crippen MR) is 97.9 cm³/mol. The first-order chi connectivity index (χ1) is 12.5. The maximum absolute atomic E-state index is 12.3. The van der Waals surface area contributed by atoms with Crippen LogP contribution in [0.15, 0.2) is 33.4 Å². The van der Waals surface area contributed by atoms with Crippen LogP contribution in [-0.4, -0.2) is 52.4 Å². The minimum absolute atomic E-state index is 0.287. The molecule has 3 rings (SSSR count). The van der Waals surface area contributed by atoms with E-state index in [0.717, 1.165) is 0 Å². The van der Waals surface area contributed by atoms with E-state index in [4.69, 9.17) is 19.6 Å². The van der Waals surface area contributed by atoms with Crippen molar-refractivity contribution in [2.75, 3.05) is 32.5 Å². The number of pyridine rings is 1. The van der Waals surface area contributed by atoms with Crippen molar-refractivity contribution in [3.05, 3.63) is 28.9 Å². The average molecular weight is 424 g/mol. The fraction of sp³-hybridized carbons (Fsp3) is 0.312. The number of furan rings is 1. The molecule has 3 aromatic rings. The zero-order valence-corrected chi connectivity index (χ0v) is 15.9. The summed E-state index contributed by atoms with van der Waals surface area (Å²) in [6.07, 6.45) is -0.483. The molecule has 0 bridgehead atoms. The molecule has 1 amide bonds. The van der Waals surface area contributed by atoms with Crippen molar-refractivity contribution in [2.45, 2.75) is 6.92 Å². The van der Waals surface area contributed by atoms with E-state index in [-0.39, 0.29) is 11.6 Å². The highest BCUT2D eigenvalue weighted by Crippen LogP contribution is 2.25. The molecule has 0 fully saturated rings. The Kier molecular flexibility index (Phi) is 5.43. The predicted octanol–water partition coefficient (Wildman–Crippen LogP) is 2.80. The summed E-state index contributed by atoms with van der Waals surface area (Å²) in [5, 5.41) is 4.31. The second kappa shape index (κ2) is 7.75. The van der Waals surface area contributed by atoms with Gasteiger partial charge >= 0.3 is 6.09 Å². The van der Waals surface area contributed by atoms with E-state index in [0.29, 0.717) is 41.6 Å². The minimum atomic E-state index is -0.483. The Bertz CT molecular complexity index is 923. The van der Waals surface area contributed by atoms with Gasteiger partial charge in [-0.1, -0.05) is 0 Å². The largest absolute Gasteiger partial charge is 0.446 e. The zero-order chi connectivity index (χ0) is 18.7. The molecule has 138 valence electrons. The number of methoxy groups -OCH3 is 1. The number of nitrogens with zero attached hydrogens (tertiary/aromatic N) is 4. The van der Waals surface area contributed by atoms with Crippen LogP contribution in [-0.2, 0) is 4.74 Å². The van der Waals surface area contributed by atoms with E-state index in [1.165, 1.54) is 15.5 Å². The monoisotopic (exact) mass is 423 g/mol. The minimum Gasteiger partial charge on any atom is -0.446 e. The topological polar surface area (TPSA) is 108 Å². The number of nitrogen functional groups attached to an aromatic ring is 1. The Morgan fingerprint density at radius 2 is 2.23 bits per heavy atom. The summed E-state index contributed by atoms with van der Waals surface area (Å²) in [4.78, 5) is 18.2. The second-order valence-corrected chi connectivity index (χ2v) is 6.15. The lowest BCUT2D eigenvalue weighted by Crippen LogP contribution is -2.35. The summed E-state index contributed by atoms with van der Waals surface area (Å²) in [6, 6.07) is 6.60. The molecule has 3 aromatic heterocycles. The molecule has 9 nitrogen and oxygen atoms in total. The smallest absolute Gasteiger partial charge is 0.415 e. The number of hydrogen-bond donors (Lipinski definition) is 1. The van der Waals surface area contributed by atoms with Crippen molar-refractivity contribution in [3.63, 3.8) is 0 Å². The summed E-state index contributed by atoms with van der Waals surface area (Å²) in [7, 11) is 1.58. The lowest BCUT2D eigenvalue weighted by molar-refractivity contribution is 0.126. The van der Waals surface area contributed by atoms with Gasteiger partial charge in [-0.2, -0.15) is 4.52 Å². The summed E-state index contributed by atoms with van der Waals surface area (Å²) in [5.41, 5.74) is 6.45. The molecule has 0 radical (unpaired) electrons. The summed E-state index contributed by atoms with van der Waals surface area (Å²) < 4.78 is 17.9. The van der Waals surface area contributed by atoms with Crippen LogP contribution < -0.4 is 10.5 Å². The molecule has 0 aliphatic heterocycles. The molecule has 0 spiro atoms. The number of carbonyl (C=O) groups is 1. The van der Waals surface area contributed by atoms with E-state index >= 15 is 0 Å². The molecule has 0 aromatic carbocycles. The van der Waals surface area contributed by atoms with Crippen LogP contribution in [0.2, 0.25) is 0 Å². The number of halogens is 1. The number of anilines is 1. The van der Waals surface area contributed by atoms with Crippen LogP contribution >= 0.6 is 15.9 Å². The number of aromatic nitrogens is 3. The summed E-state index contributed by atoms with van der Waals surface area (Å²) in [6.45, 7) is 3.23. The molecule has 3 heterocycles. The maximum atomic E-state index is 12.3. The van der Waals surface area contributed by atoms with E-state index < -0.39 is 6.09 Å².